The number of thioether (sulfide) groups is 1. The van der Waals surface area contributed by atoms with Crippen molar-refractivity contribution >= 4 is 29.6 Å². The highest BCUT2D eigenvalue weighted by molar-refractivity contribution is 7.99. The Bertz CT molecular complexity index is 752. The molecule has 0 bridgehead atoms. The van der Waals surface area contributed by atoms with Crippen LogP contribution < -0.4 is 0 Å². The predicted octanol–water partition coefficient (Wildman–Crippen LogP) is 3.45. The second-order valence-corrected chi connectivity index (χ2v) is 7.37. The molecule has 0 radical (unpaired) electrons. The Morgan fingerprint density at radius 2 is 2.00 bits per heavy atom. The molecule has 2 aliphatic rings. The molecule has 4 rings (SSSR count). The van der Waals surface area contributed by atoms with Gasteiger partial charge in [-0.05, 0) is 23.8 Å². The fourth-order valence-electron chi connectivity index (χ4n) is 3.16. The lowest BCUT2D eigenvalue weighted by atomic mass is 10.1. The van der Waals surface area contributed by atoms with E-state index < -0.39 is 6.04 Å². The normalized spacial score (nSPS) is 24.2. The zero-order valence-electron chi connectivity index (χ0n) is 13.4. The van der Waals surface area contributed by atoms with Gasteiger partial charge in [0.2, 0.25) is 0 Å². The molecule has 3 heterocycles. The SMILES string of the molecule is O=CC1c2cccnc2SC(c2ccc(Cl)cc2)N1CC1OCCO1. The van der Waals surface area contributed by atoms with Crippen molar-refractivity contribution in [3.63, 3.8) is 0 Å². The summed E-state index contributed by atoms with van der Waals surface area (Å²) in [6, 6.07) is 11.1. The van der Waals surface area contributed by atoms with E-state index in [9.17, 15) is 4.79 Å². The number of carbonyl (C=O) groups excluding carboxylic acids is 1. The maximum absolute atomic E-state index is 12.0. The van der Waals surface area contributed by atoms with Crippen LogP contribution in [0.1, 0.15) is 22.5 Å². The number of ether oxygens (including phenoxy) is 2. The van der Waals surface area contributed by atoms with E-state index in [0.717, 1.165) is 22.4 Å². The van der Waals surface area contributed by atoms with Gasteiger partial charge in [0, 0.05) is 16.8 Å². The molecule has 0 N–H and O–H groups in total. The highest BCUT2D eigenvalue weighted by atomic mass is 35.5. The molecule has 1 fully saturated rings. The molecular formula is C18H17ClN2O3S. The fraction of sp³-hybridized carbons (Fsp3) is 0.333. The Morgan fingerprint density at radius 1 is 1.24 bits per heavy atom. The summed E-state index contributed by atoms with van der Waals surface area (Å²) in [7, 11) is 0. The highest BCUT2D eigenvalue weighted by Crippen LogP contribution is 2.48. The van der Waals surface area contributed by atoms with E-state index >= 15 is 0 Å². The molecular weight excluding hydrogens is 360 g/mol. The van der Waals surface area contributed by atoms with Crippen molar-refractivity contribution in [3.8, 4) is 0 Å². The molecule has 2 aliphatic heterocycles. The number of pyridine rings is 1. The molecule has 0 saturated carbocycles. The minimum absolute atomic E-state index is 0.0670. The Labute approximate surface area is 155 Å². The quantitative estimate of drug-likeness (QED) is 0.762. The molecule has 130 valence electrons. The van der Waals surface area contributed by atoms with Gasteiger partial charge in [0.15, 0.2) is 6.29 Å². The number of hydrogen-bond donors (Lipinski definition) is 0. The molecule has 0 spiro atoms. The molecule has 25 heavy (non-hydrogen) atoms. The number of aldehydes is 1. The number of nitrogens with zero attached hydrogens (tertiary/aromatic N) is 2. The number of aromatic nitrogens is 1. The van der Waals surface area contributed by atoms with Crippen LogP contribution in [0.5, 0.6) is 0 Å². The van der Waals surface area contributed by atoms with Crippen LogP contribution in [0.2, 0.25) is 5.02 Å². The van der Waals surface area contributed by atoms with Gasteiger partial charge in [0.25, 0.3) is 0 Å². The van der Waals surface area contributed by atoms with Gasteiger partial charge >= 0.3 is 0 Å². The van der Waals surface area contributed by atoms with Gasteiger partial charge in [0.05, 0.1) is 31.2 Å². The third-order valence-corrected chi connectivity index (χ3v) is 5.92. The van der Waals surface area contributed by atoms with Gasteiger partial charge in [-0.25, -0.2) is 4.98 Å². The third kappa shape index (κ3) is 3.45. The van der Waals surface area contributed by atoms with E-state index in [2.05, 4.69) is 9.88 Å². The monoisotopic (exact) mass is 376 g/mol. The first kappa shape index (κ1) is 17.0. The van der Waals surface area contributed by atoms with Crippen LogP contribution in [0.4, 0.5) is 0 Å². The topological polar surface area (TPSA) is 51.7 Å². The predicted molar refractivity (Wildman–Crippen MR) is 95.5 cm³/mol. The molecule has 0 amide bonds. The fourth-order valence-corrected chi connectivity index (χ4v) is 4.59. The second-order valence-electron chi connectivity index (χ2n) is 5.87. The van der Waals surface area contributed by atoms with E-state index in [4.69, 9.17) is 21.1 Å². The Balaban J connectivity index is 1.73. The number of halogens is 1. The zero-order chi connectivity index (χ0) is 17.2. The number of benzene rings is 1. The number of rotatable bonds is 4. The molecule has 2 atom stereocenters. The first-order valence-corrected chi connectivity index (χ1v) is 9.33. The van der Waals surface area contributed by atoms with Crippen LogP contribution in [0.3, 0.4) is 0 Å². The van der Waals surface area contributed by atoms with Crippen LogP contribution >= 0.6 is 23.4 Å². The molecule has 7 heteroatoms. The van der Waals surface area contributed by atoms with Crippen molar-refractivity contribution in [3.05, 3.63) is 58.7 Å². The molecule has 0 aliphatic carbocycles. The average molecular weight is 377 g/mol. The van der Waals surface area contributed by atoms with Crippen LogP contribution in [0, 0.1) is 0 Å². The Morgan fingerprint density at radius 3 is 2.72 bits per heavy atom. The van der Waals surface area contributed by atoms with Crippen LogP contribution in [-0.4, -0.2) is 42.2 Å². The summed E-state index contributed by atoms with van der Waals surface area (Å²) in [5.74, 6) is 0. The standard InChI is InChI=1S/C18H17ClN2O3S/c19-13-5-3-12(4-6-13)18-21(10-16-23-8-9-24-16)15(11-22)14-2-1-7-20-17(14)25-18/h1-7,11,15-16,18H,8-10H2. The van der Waals surface area contributed by atoms with E-state index in [1.807, 2.05) is 36.4 Å². The first-order chi connectivity index (χ1) is 12.3. The molecule has 1 saturated heterocycles. The Hall–Kier alpha value is -1.44. The Kier molecular flexibility index (Phi) is 5.05. The van der Waals surface area contributed by atoms with Crippen molar-refractivity contribution in [2.24, 2.45) is 0 Å². The van der Waals surface area contributed by atoms with Crippen molar-refractivity contribution < 1.29 is 14.3 Å². The van der Waals surface area contributed by atoms with Gasteiger partial charge in [-0.1, -0.05) is 41.6 Å². The molecule has 1 aromatic heterocycles. The number of carbonyl (C=O) groups is 1. The summed E-state index contributed by atoms with van der Waals surface area (Å²) in [6.07, 6.45) is 2.40. The first-order valence-electron chi connectivity index (χ1n) is 8.07. The van der Waals surface area contributed by atoms with E-state index in [-0.39, 0.29) is 11.7 Å². The second kappa shape index (κ2) is 7.43. The molecule has 5 nitrogen and oxygen atoms in total. The molecule has 1 aromatic carbocycles. The minimum Gasteiger partial charge on any atom is -0.349 e. The largest absolute Gasteiger partial charge is 0.349 e. The maximum Gasteiger partial charge on any atom is 0.170 e. The van der Waals surface area contributed by atoms with Gasteiger partial charge in [-0.3, -0.25) is 4.90 Å². The van der Waals surface area contributed by atoms with Gasteiger partial charge in [0.1, 0.15) is 11.3 Å². The lowest BCUT2D eigenvalue weighted by Gasteiger charge is -2.40. The summed E-state index contributed by atoms with van der Waals surface area (Å²) in [6.45, 7) is 1.68. The van der Waals surface area contributed by atoms with Crippen LogP contribution in [0.25, 0.3) is 0 Å². The molecule has 2 unspecified atom stereocenters. The molecule has 2 aromatic rings. The maximum atomic E-state index is 12.0. The highest BCUT2D eigenvalue weighted by Gasteiger charge is 2.38. The van der Waals surface area contributed by atoms with Crippen molar-refractivity contribution in [1.82, 2.24) is 9.88 Å². The lowest BCUT2D eigenvalue weighted by molar-refractivity contribution is -0.116. The third-order valence-electron chi connectivity index (χ3n) is 4.34. The summed E-state index contributed by atoms with van der Waals surface area (Å²) in [5, 5.41) is 1.50. The smallest absolute Gasteiger partial charge is 0.170 e. The van der Waals surface area contributed by atoms with E-state index in [1.165, 1.54) is 0 Å². The summed E-state index contributed by atoms with van der Waals surface area (Å²) in [5.41, 5.74) is 1.99. The average Bonchev–Trinajstić information content (AvgIpc) is 3.15. The zero-order valence-corrected chi connectivity index (χ0v) is 14.9. The minimum atomic E-state index is -0.390. The van der Waals surface area contributed by atoms with Crippen LogP contribution in [0.15, 0.2) is 47.6 Å². The lowest BCUT2D eigenvalue weighted by Crippen LogP contribution is -2.41. The number of fused-ring (bicyclic) bond motifs is 1. The van der Waals surface area contributed by atoms with Gasteiger partial charge < -0.3 is 14.3 Å². The summed E-state index contributed by atoms with van der Waals surface area (Å²) < 4.78 is 11.2. The van der Waals surface area contributed by atoms with Crippen LogP contribution in [-0.2, 0) is 14.3 Å². The van der Waals surface area contributed by atoms with Crippen molar-refractivity contribution in [1.29, 1.82) is 0 Å². The van der Waals surface area contributed by atoms with Gasteiger partial charge in [-0.15, -0.1) is 0 Å². The van der Waals surface area contributed by atoms with E-state index in [0.29, 0.717) is 24.8 Å². The van der Waals surface area contributed by atoms with Gasteiger partial charge in [-0.2, -0.15) is 0 Å². The summed E-state index contributed by atoms with van der Waals surface area (Å²) in [4.78, 5) is 18.5. The summed E-state index contributed by atoms with van der Waals surface area (Å²) >= 11 is 7.66. The van der Waals surface area contributed by atoms with Crippen molar-refractivity contribution in [2.45, 2.75) is 22.7 Å². The van der Waals surface area contributed by atoms with E-state index in [1.54, 1.807) is 18.0 Å². The van der Waals surface area contributed by atoms with Crippen molar-refractivity contribution in [2.75, 3.05) is 19.8 Å². The number of hydrogen-bond acceptors (Lipinski definition) is 6.